The molecule has 174 valence electrons. The molecule has 0 saturated carbocycles. The van der Waals surface area contributed by atoms with Crippen molar-refractivity contribution in [1.82, 2.24) is 8.87 Å². The van der Waals surface area contributed by atoms with Gasteiger partial charge in [-0.15, -0.1) is 10.2 Å². The fourth-order valence-electron chi connectivity index (χ4n) is 3.93. The molecule has 1 aromatic heterocycles. The van der Waals surface area contributed by atoms with Crippen LogP contribution in [0, 0.1) is 10.1 Å². The molecular formula is C21H23N5O6S. The molecule has 1 saturated heterocycles. The van der Waals surface area contributed by atoms with Gasteiger partial charge in [0, 0.05) is 37.7 Å². The van der Waals surface area contributed by atoms with E-state index < -0.39 is 14.9 Å². The van der Waals surface area contributed by atoms with E-state index in [0.29, 0.717) is 5.39 Å². The molecule has 1 N–H and O–H groups in total. The van der Waals surface area contributed by atoms with Crippen molar-refractivity contribution in [3.63, 3.8) is 0 Å². The highest BCUT2D eigenvalue weighted by atomic mass is 32.2. The summed E-state index contributed by atoms with van der Waals surface area (Å²) in [6, 6.07) is 10.5. The minimum Gasteiger partial charge on any atom is -0.493 e. The highest BCUT2D eigenvalue weighted by Gasteiger charge is 2.34. The van der Waals surface area contributed by atoms with Crippen molar-refractivity contribution in [2.75, 3.05) is 13.1 Å². The lowest BCUT2D eigenvalue weighted by Crippen LogP contribution is -2.48. The van der Waals surface area contributed by atoms with Crippen LogP contribution in [0.4, 0.5) is 17.1 Å². The lowest BCUT2D eigenvalue weighted by atomic mass is 10.2. The summed E-state index contributed by atoms with van der Waals surface area (Å²) in [6.45, 7) is 3.73. The van der Waals surface area contributed by atoms with E-state index in [9.17, 15) is 23.6 Å². The normalized spacial score (nSPS) is 20.0. The molecular weight excluding hydrogens is 450 g/mol. The first kappa shape index (κ1) is 22.8. The van der Waals surface area contributed by atoms with Crippen LogP contribution in [-0.2, 0) is 21.8 Å². The predicted molar refractivity (Wildman–Crippen MR) is 121 cm³/mol. The van der Waals surface area contributed by atoms with E-state index in [-0.39, 0.29) is 53.1 Å². The Morgan fingerprint density at radius 1 is 1.12 bits per heavy atom. The Labute approximate surface area is 190 Å². The van der Waals surface area contributed by atoms with Gasteiger partial charge in [0.05, 0.1) is 22.6 Å². The Bertz CT molecular complexity index is 1360. The zero-order chi connectivity index (χ0) is 23.9. The standard InChI is InChI=1S/C21H23N5O6S/c1-13-11-25(12-14(2)32-13)33(30,31)19-10-15(26(28)29)8-9-17(19)22-23-20-16-6-4-5-7-18(16)24(3)21(20)27/h4-10,13-14,27H,11-12H2,1-3H3/t13-,14+. The third-order valence-electron chi connectivity index (χ3n) is 5.47. The minimum absolute atomic E-state index is 0.0697. The number of sulfonamides is 1. The number of azo groups is 1. The van der Waals surface area contributed by atoms with Crippen molar-refractivity contribution in [3.05, 3.63) is 52.6 Å². The van der Waals surface area contributed by atoms with E-state index in [2.05, 4.69) is 10.2 Å². The molecule has 1 aliphatic rings. The largest absolute Gasteiger partial charge is 0.493 e. The molecule has 0 bridgehead atoms. The van der Waals surface area contributed by atoms with Crippen LogP contribution in [0.1, 0.15) is 13.8 Å². The molecule has 4 rings (SSSR count). The van der Waals surface area contributed by atoms with Crippen LogP contribution in [0.25, 0.3) is 10.9 Å². The smallest absolute Gasteiger partial charge is 0.270 e. The number of nitrogens with zero attached hydrogens (tertiary/aromatic N) is 5. The molecule has 2 atom stereocenters. The molecule has 12 heteroatoms. The average molecular weight is 474 g/mol. The quantitative estimate of drug-likeness (QED) is 0.337. The SMILES string of the molecule is C[C@@H]1CN(S(=O)(=O)c2cc([N+](=O)[O-])ccc2N=Nc2c(O)n(C)c3ccccc23)C[C@H](C)O1. The topological polar surface area (TPSA) is 140 Å². The van der Waals surface area contributed by atoms with Gasteiger partial charge >= 0.3 is 0 Å². The van der Waals surface area contributed by atoms with Crippen LogP contribution < -0.4 is 0 Å². The van der Waals surface area contributed by atoms with Gasteiger partial charge < -0.3 is 14.4 Å². The van der Waals surface area contributed by atoms with Crippen molar-refractivity contribution < 1.29 is 23.2 Å². The summed E-state index contributed by atoms with van der Waals surface area (Å²) in [7, 11) is -2.47. The monoisotopic (exact) mass is 473 g/mol. The van der Waals surface area contributed by atoms with Gasteiger partial charge in [-0.3, -0.25) is 10.1 Å². The van der Waals surface area contributed by atoms with Crippen LogP contribution in [0.3, 0.4) is 0 Å². The zero-order valence-electron chi connectivity index (χ0n) is 18.2. The number of aromatic hydroxyl groups is 1. The zero-order valence-corrected chi connectivity index (χ0v) is 19.1. The first-order chi connectivity index (χ1) is 15.6. The third kappa shape index (κ3) is 4.19. The number of ether oxygens (including phenoxy) is 1. The molecule has 0 spiro atoms. The van der Waals surface area contributed by atoms with Crippen molar-refractivity contribution in [3.8, 4) is 5.88 Å². The fourth-order valence-corrected chi connectivity index (χ4v) is 5.67. The molecule has 1 aliphatic heterocycles. The van der Waals surface area contributed by atoms with Crippen molar-refractivity contribution in [2.45, 2.75) is 31.0 Å². The number of fused-ring (bicyclic) bond motifs is 1. The fraction of sp³-hybridized carbons (Fsp3) is 0.333. The number of nitro groups is 1. The van der Waals surface area contributed by atoms with Crippen LogP contribution >= 0.6 is 0 Å². The van der Waals surface area contributed by atoms with Crippen LogP contribution in [0.2, 0.25) is 0 Å². The summed E-state index contributed by atoms with van der Waals surface area (Å²) < 4.78 is 35.3. The molecule has 33 heavy (non-hydrogen) atoms. The number of hydrogen-bond acceptors (Lipinski definition) is 8. The number of non-ortho nitro benzene ring substituents is 1. The Morgan fingerprint density at radius 3 is 2.45 bits per heavy atom. The van der Waals surface area contributed by atoms with Crippen molar-refractivity contribution >= 4 is 38.0 Å². The number of nitro benzene ring substituents is 1. The van der Waals surface area contributed by atoms with Gasteiger partial charge in [-0.1, -0.05) is 18.2 Å². The molecule has 0 radical (unpaired) electrons. The van der Waals surface area contributed by atoms with Crippen molar-refractivity contribution in [2.24, 2.45) is 17.3 Å². The number of aryl methyl sites for hydroxylation is 1. The highest BCUT2D eigenvalue weighted by Crippen LogP contribution is 2.40. The van der Waals surface area contributed by atoms with Gasteiger partial charge in [0.25, 0.3) is 5.69 Å². The molecule has 11 nitrogen and oxygen atoms in total. The maximum absolute atomic E-state index is 13.5. The predicted octanol–water partition coefficient (Wildman–Crippen LogP) is 4.01. The summed E-state index contributed by atoms with van der Waals surface area (Å²) in [5.74, 6) is -0.137. The van der Waals surface area contributed by atoms with E-state index in [0.717, 1.165) is 11.6 Å². The van der Waals surface area contributed by atoms with E-state index in [1.807, 2.05) is 6.07 Å². The maximum Gasteiger partial charge on any atom is 0.270 e. The van der Waals surface area contributed by atoms with Crippen LogP contribution in [0.15, 0.2) is 57.6 Å². The number of morpholine rings is 1. The second-order valence-electron chi connectivity index (χ2n) is 7.94. The lowest BCUT2D eigenvalue weighted by Gasteiger charge is -2.34. The number of benzene rings is 2. The first-order valence-electron chi connectivity index (χ1n) is 10.2. The lowest BCUT2D eigenvalue weighted by molar-refractivity contribution is -0.385. The van der Waals surface area contributed by atoms with Gasteiger partial charge in [0.2, 0.25) is 15.9 Å². The number of rotatable bonds is 5. The van der Waals surface area contributed by atoms with Crippen molar-refractivity contribution in [1.29, 1.82) is 0 Å². The minimum atomic E-state index is -4.14. The first-order valence-corrected chi connectivity index (χ1v) is 11.7. The second-order valence-corrected chi connectivity index (χ2v) is 9.84. The van der Waals surface area contributed by atoms with Gasteiger partial charge in [-0.2, -0.15) is 4.31 Å². The second kappa shape index (κ2) is 8.54. The van der Waals surface area contributed by atoms with E-state index in [4.69, 9.17) is 4.74 Å². The summed E-state index contributed by atoms with van der Waals surface area (Å²) >= 11 is 0. The van der Waals surface area contributed by atoms with Crippen LogP contribution in [-0.4, -0.2) is 52.6 Å². The summed E-state index contributed by atoms with van der Waals surface area (Å²) in [5.41, 5.74) is 0.440. The van der Waals surface area contributed by atoms with E-state index >= 15 is 0 Å². The number of para-hydroxylation sites is 1. The van der Waals surface area contributed by atoms with Gasteiger partial charge in [-0.25, -0.2) is 8.42 Å². The Balaban J connectivity index is 1.82. The van der Waals surface area contributed by atoms with Gasteiger partial charge in [0.15, 0.2) is 5.69 Å². The van der Waals surface area contributed by atoms with E-state index in [1.54, 1.807) is 39.1 Å². The molecule has 2 heterocycles. The van der Waals surface area contributed by atoms with Gasteiger partial charge in [-0.05, 0) is 26.0 Å². The summed E-state index contributed by atoms with van der Waals surface area (Å²) in [5, 5.41) is 30.7. The third-order valence-corrected chi connectivity index (χ3v) is 7.33. The molecule has 3 aromatic rings. The summed E-state index contributed by atoms with van der Waals surface area (Å²) in [6.07, 6.45) is -0.667. The molecule has 0 unspecified atom stereocenters. The number of hydrogen-bond donors (Lipinski definition) is 1. The van der Waals surface area contributed by atoms with Crippen LogP contribution in [0.5, 0.6) is 5.88 Å². The average Bonchev–Trinajstić information content (AvgIpc) is 3.01. The van der Waals surface area contributed by atoms with E-state index in [1.165, 1.54) is 21.0 Å². The maximum atomic E-state index is 13.5. The summed E-state index contributed by atoms with van der Waals surface area (Å²) in [4.78, 5) is 10.3. The Kier molecular flexibility index (Phi) is 5.91. The highest BCUT2D eigenvalue weighted by molar-refractivity contribution is 7.89. The molecule has 1 fully saturated rings. The molecule has 0 amide bonds. The molecule has 0 aliphatic carbocycles. The number of aromatic nitrogens is 1. The van der Waals surface area contributed by atoms with Gasteiger partial charge in [0.1, 0.15) is 10.6 Å². The Morgan fingerprint density at radius 2 is 1.79 bits per heavy atom. The molecule has 2 aromatic carbocycles. The Hall–Kier alpha value is -3.35.